The minimum Gasteiger partial charge on any atom is -0.438 e. The number of hydrogen-bond acceptors (Lipinski definition) is 3. The highest BCUT2D eigenvalue weighted by Crippen LogP contribution is 2.40. The molecule has 1 aliphatic rings. The van der Waals surface area contributed by atoms with Gasteiger partial charge in [0, 0.05) is 25.6 Å². The topological polar surface area (TPSA) is 49.8 Å². The highest BCUT2D eigenvalue weighted by molar-refractivity contribution is 5.70. The summed E-state index contributed by atoms with van der Waals surface area (Å²) in [5.41, 5.74) is -0.0458. The van der Waals surface area contributed by atoms with Crippen LogP contribution in [-0.4, -0.2) is 35.3 Å². The van der Waals surface area contributed by atoms with E-state index < -0.39 is 5.60 Å². The molecule has 0 saturated carbocycles. The summed E-state index contributed by atoms with van der Waals surface area (Å²) in [4.78, 5) is 14.4. The molecule has 4 nitrogen and oxygen atoms in total. The van der Waals surface area contributed by atoms with Crippen molar-refractivity contribution in [2.45, 2.75) is 58.6 Å². The van der Waals surface area contributed by atoms with Crippen molar-refractivity contribution < 1.29 is 19.0 Å². The van der Waals surface area contributed by atoms with Crippen molar-refractivity contribution in [2.24, 2.45) is 5.41 Å². The van der Waals surface area contributed by atoms with Gasteiger partial charge in [-0.25, -0.2) is 9.18 Å². The number of halogens is 1. The molecule has 24 heavy (non-hydrogen) atoms. The Morgan fingerprint density at radius 1 is 1.33 bits per heavy atom. The molecule has 134 valence electrons. The van der Waals surface area contributed by atoms with Gasteiger partial charge in [-0.2, -0.15) is 0 Å². The lowest BCUT2D eigenvalue weighted by atomic mass is 9.82. The van der Waals surface area contributed by atoms with Gasteiger partial charge in [0.25, 0.3) is 0 Å². The third kappa shape index (κ3) is 3.89. The predicted molar refractivity (Wildman–Crippen MR) is 91.1 cm³/mol. The molecule has 1 aliphatic heterocycles. The Balaban J connectivity index is 2.26. The van der Waals surface area contributed by atoms with Crippen LogP contribution >= 0.6 is 0 Å². The highest BCUT2D eigenvalue weighted by Gasteiger charge is 2.44. The van der Waals surface area contributed by atoms with E-state index in [-0.39, 0.29) is 30.0 Å². The summed E-state index contributed by atoms with van der Waals surface area (Å²) in [5, 5.41) is 9.20. The van der Waals surface area contributed by atoms with Crippen LogP contribution in [0.5, 0.6) is 0 Å². The standard InChI is InChI=1S/C19H28FNO3/c1-14(18(2,3)4)21-12-11-19(10-5-13-22,24-17(21)23)15-6-8-16(20)9-7-15/h6-9,14,22H,5,10-13H2,1-4H3. The maximum absolute atomic E-state index is 13.3. The van der Waals surface area contributed by atoms with Gasteiger partial charge in [-0.15, -0.1) is 0 Å². The van der Waals surface area contributed by atoms with Crippen LogP contribution in [0, 0.1) is 11.2 Å². The second-order valence-electron chi connectivity index (χ2n) is 7.68. The van der Waals surface area contributed by atoms with E-state index in [4.69, 9.17) is 4.74 Å². The summed E-state index contributed by atoms with van der Waals surface area (Å²) >= 11 is 0. The number of hydrogen-bond donors (Lipinski definition) is 1. The highest BCUT2D eigenvalue weighted by atomic mass is 19.1. The van der Waals surface area contributed by atoms with Gasteiger partial charge in [0.05, 0.1) is 0 Å². The van der Waals surface area contributed by atoms with E-state index in [1.807, 2.05) is 6.92 Å². The lowest BCUT2D eigenvalue weighted by molar-refractivity contribution is -0.0760. The van der Waals surface area contributed by atoms with Crippen LogP contribution in [-0.2, 0) is 10.3 Å². The second-order valence-corrected chi connectivity index (χ2v) is 7.68. The molecule has 2 unspecified atom stereocenters. The zero-order valence-corrected chi connectivity index (χ0v) is 15.0. The summed E-state index contributed by atoms with van der Waals surface area (Å²) in [7, 11) is 0. The summed E-state index contributed by atoms with van der Waals surface area (Å²) in [6.45, 7) is 8.93. The normalized spacial score (nSPS) is 23.1. The van der Waals surface area contributed by atoms with Crippen LogP contribution in [0.15, 0.2) is 24.3 Å². The van der Waals surface area contributed by atoms with Gasteiger partial charge in [0.15, 0.2) is 0 Å². The molecule has 1 fully saturated rings. The first-order chi connectivity index (χ1) is 11.2. The monoisotopic (exact) mass is 337 g/mol. The Morgan fingerprint density at radius 2 is 1.96 bits per heavy atom. The summed E-state index contributed by atoms with van der Waals surface area (Å²) in [5.74, 6) is -0.318. The van der Waals surface area contributed by atoms with E-state index in [9.17, 15) is 14.3 Å². The lowest BCUT2D eigenvalue weighted by Gasteiger charge is -2.46. The van der Waals surface area contributed by atoms with Gasteiger partial charge in [-0.05, 0) is 42.9 Å². The van der Waals surface area contributed by atoms with E-state index >= 15 is 0 Å². The van der Waals surface area contributed by atoms with Crippen molar-refractivity contribution in [3.05, 3.63) is 35.6 Å². The van der Waals surface area contributed by atoms with Crippen LogP contribution in [0.3, 0.4) is 0 Å². The molecule has 2 rings (SSSR count). The van der Waals surface area contributed by atoms with Gasteiger partial charge in [-0.3, -0.25) is 0 Å². The Labute approximate surface area is 143 Å². The summed E-state index contributed by atoms with van der Waals surface area (Å²) in [6, 6.07) is 6.15. The fourth-order valence-electron chi connectivity index (χ4n) is 3.13. The van der Waals surface area contributed by atoms with Gasteiger partial charge >= 0.3 is 6.09 Å². The first kappa shape index (κ1) is 18.7. The molecule has 0 aromatic heterocycles. The summed E-state index contributed by atoms with van der Waals surface area (Å²) < 4.78 is 19.1. The van der Waals surface area contributed by atoms with Crippen molar-refractivity contribution in [3.8, 4) is 0 Å². The quantitative estimate of drug-likeness (QED) is 0.881. The number of carbonyl (C=O) groups is 1. The minimum absolute atomic E-state index is 0.0304. The van der Waals surface area contributed by atoms with Crippen LogP contribution in [0.25, 0.3) is 0 Å². The van der Waals surface area contributed by atoms with E-state index in [1.54, 1.807) is 17.0 Å². The SMILES string of the molecule is CC(N1CCC(CCCO)(c2ccc(F)cc2)OC1=O)C(C)(C)C. The molecule has 0 spiro atoms. The third-order valence-electron chi connectivity index (χ3n) is 5.10. The van der Waals surface area contributed by atoms with Crippen molar-refractivity contribution in [1.29, 1.82) is 0 Å². The van der Waals surface area contributed by atoms with E-state index in [2.05, 4.69) is 20.8 Å². The molecule has 5 heteroatoms. The number of aliphatic hydroxyl groups is 1. The zero-order valence-electron chi connectivity index (χ0n) is 15.0. The van der Waals surface area contributed by atoms with Crippen LogP contribution in [0.1, 0.15) is 52.5 Å². The Morgan fingerprint density at radius 3 is 2.46 bits per heavy atom. The zero-order chi connectivity index (χ0) is 18.0. The van der Waals surface area contributed by atoms with E-state index in [0.29, 0.717) is 25.8 Å². The molecule has 2 atom stereocenters. The van der Waals surface area contributed by atoms with Crippen LogP contribution in [0.4, 0.5) is 9.18 Å². The molecule has 1 heterocycles. The number of cyclic esters (lactones) is 1. The van der Waals surface area contributed by atoms with Crippen LogP contribution in [0.2, 0.25) is 0 Å². The number of aliphatic hydroxyl groups excluding tert-OH is 1. The molecular weight excluding hydrogens is 309 g/mol. The van der Waals surface area contributed by atoms with Crippen molar-refractivity contribution >= 4 is 6.09 Å². The molecule has 1 aromatic rings. The summed E-state index contributed by atoms with van der Waals surface area (Å²) in [6.07, 6.45) is 1.34. The molecule has 1 aromatic carbocycles. The average Bonchev–Trinajstić information content (AvgIpc) is 2.52. The minimum atomic E-state index is -0.790. The maximum atomic E-state index is 13.3. The first-order valence-electron chi connectivity index (χ1n) is 8.56. The number of nitrogens with zero attached hydrogens (tertiary/aromatic N) is 1. The maximum Gasteiger partial charge on any atom is 0.410 e. The Bertz CT molecular complexity index is 567. The van der Waals surface area contributed by atoms with E-state index in [1.165, 1.54) is 12.1 Å². The van der Waals surface area contributed by atoms with E-state index in [0.717, 1.165) is 5.56 Å². The van der Waals surface area contributed by atoms with Gasteiger partial charge in [0.1, 0.15) is 11.4 Å². The lowest BCUT2D eigenvalue weighted by Crippen LogP contribution is -2.54. The van der Waals surface area contributed by atoms with Gasteiger partial charge < -0.3 is 14.7 Å². The molecule has 1 amide bonds. The first-order valence-corrected chi connectivity index (χ1v) is 8.56. The molecular formula is C19H28FNO3. The number of amides is 1. The number of ether oxygens (including phenoxy) is 1. The molecule has 0 radical (unpaired) electrons. The Hall–Kier alpha value is -1.62. The fraction of sp³-hybridized carbons (Fsp3) is 0.632. The molecule has 1 N–H and O–H groups in total. The van der Waals surface area contributed by atoms with Crippen molar-refractivity contribution in [2.75, 3.05) is 13.2 Å². The predicted octanol–water partition coefficient (Wildman–Crippen LogP) is 4.07. The van der Waals surface area contributed by atoms with Gasteiger partial charge in [0.2, 0.25) is 0 Å². The van der Waals surface area contributed by atoms with Crippen molar-refractivity contribution in [3.63, 3.8) is 0 Å². The third-order valence-corrected chi connectivity index (χ3v) is 5.10. The molecule has 1 saturated heterocycles. The number of carbonyl (C=O) groups excluding carboxylic acids is 1. The molecule has 0 aliphatic carbocycles. The van der Waals surface area contributed by atoms with Crippen LogP contribution < -0.4 is 0 Å². The largest absolute Gasteiger partial charge is 0.438 e. The van der Waals surface area contributed by atoms with Gasteiger partial charge in [-0.1, -0.05) is 32.9 Å². The number of rotatable bonds is 5. The Kier molecular flexibility index (Phi) is 5.53. The van der Waals surface area contributed by atoms with Crippen molar-refractivity contribution in [1.82, 2.24) is 4.90 Å². The second kappa shape index (κ2) is 7.09. The smallest absolute Gasteiger partial charge is 0.410 e. The molecule has 0 bridgehead atoms. The number of benzene rings is 1. The average molecular weight is 337 g/mol. The fourth-order valence-corrected chi connectivity index (χ4v) is 3.13.